The van der Waals surface area contributed by atoms with Gasteiger partial charge in [0, 0.05) is 46.4 Å². The Kier molecular flexibility index (Phi) is 6.94. The zero-order valence-corrected chi connectivity index (χ0v) is 20.4. The number of methoxy groups -OCH3 is 2. The third kappa shape index (κ3) is 4.66. The molecule has 0 bridgehead atoms. The number of rotatable bonds is 8. The Morgan fingerprint density at radius 1 is 1.00 bits per heavy atom. The first kappa shape index (κ1) is 24.1. The Morgan fingerprint density at radius 3 is 2.23 bits per heavy atom. The van der Waals surface area contributed by atoms with Crippen molar-refractivity contribution in [1.29, 1.82) is 0 Å². The van der Waals surface area contributed by atoms with Crippen LogP contribution in [0.5, 0.6) is 0 Å². The minimum Gasteiger partial charge on any atom is -0.362 e. The van der Waals surface area contributed by atoms with Crippen LogP contribution in [0.25, 0.3) is 11.5 Å². The quantitative estimate of drug-likeness (QED) is 0.451. The number of carbonyl (C=O) groups is 1. The molecule has 2 aromatic heterocycles. The summed E-state index contributed by atoms with van der Waals surface area (Å²) < 4.78 is 12.5. The van der Waals surface area contributed by atoms with E-state index in [2.05, 4.69) is 25.3 Å². The number of anilines is 1. The molecule has 0 spiro atoms. The van der Waals surface area contributed by atoms with Gasteiger partial charge in [-0.3, -0.25) is 9.78 Å². The van der Waals surface area contributed by atoms with Gasteiger partial charge in [-0.15, -0.1) is 10.2 Å². The van der Waals surface area contributed by atoms with Crippen molar-refractivity contribution < 1.29 is 14.3 Å². The summed E-state index contributed by atoms with van der Waals surface area (Å²) in [5.74, 6) is 0.419. The van der Waals surface area contributed by atoms with Gasteiger partial charge in [0.25, 0.3) is 5.91 Å². The van der Waals surface area contributed by atoms with E-state index in [1.807, 2.05) is 43.0 Å². The van der Waals surface area contributed by atoms with Crippen molar-refractivity contribution in [2.24, 2.45) is 10.1 Å². The van der Waals surface area contributed by atoms with Crippen molar-refractivity contribution in [2.45, 2.75) is 26.3 Å². The standard InChI is InChI=1S/C23H27N9O3/c1-14(34-5)31(15(2)35-6)17-9-7-16(8-10-17)26-19-20(23(33)30(3)4)29-32-21(27-28-22(19)32)18-13-24-11-12-25-18/h7-15H,1-6H3/b26-19+. The van der Waals surface area contributed by atoms with Gasteiger partial charge in [-0.2, -0.15) is 9.78 Å². The van der Waals surface area contributed by atoms with E-state index < -0.39 is 0 Å². The summed E-state index contributed by atoms with van der Waals surface area (Å²) in [5, 5.41) is 12.9. The molecule has 0 saturated heterocycles. The molecule has 1 aliphatic heterocycles. The predicted octanol–water partition coefficient (Wildman–Crippen LogP) is 1.95. The van der Waals surface area contributed by atoms with Crippen LogP contribution in [0.15, 0.2) is 52.9 Å². The fraction of sp³-hybridized carbons (Fsp3) is 0.348. The highest BCUT2D eigenvalue weighted by molar-refractivity contribution is 6.70. The summed E-state index contributed by atoms with van der Waals surface area (Å²) in [6, 6.07) is 7.53. The highest BCUT2D eigenvalue weighted by Crippen LogP contribution is 2.27. The number of aromatic nitrogens is 5. The van der Waals surface area contributed by atoms with Gasteiger partial charge in [-0.25, -0.2) is 9.98 Å². The predicted molar refractivity (Wildman–Crippen MR) is 131 cm³/mol. The monoisotopic (exact) mass is 477 g/mol. The number of amides is 1. The van der Waals surface area contributed by atoms with Crippen molar-refractivity contribution in [3.63, 3.8) is 0 Å². The highest BCUT2D eigenvalue weighted by Gasteiger charge is 2.34. The minimum absolute atomic E-state index is 0.164. The van der Waals surface area contributed by atoms with Crippen molar-refractivity contribution in [3.8, 4) is 11.5 Å². The average Bonchev–Trinajstić information content (AvgIpc) is 3.45. The van der Waals surface area contributed by atoms with Crippen LogP contribution in [0.4, 0.5) is 11.4 Å². The second kappa shape index (κ2) is 10.1. The number of aliphatic imine (C=N–C) groups is 1. The number of hydrogen-bond acceptors (Lipinski definition) is 10. The molecule has 1 aromatic carbocycles. The lowest BCUT2D eigenvalue weighted by molar-refractivity contribution is -0.121. The Balaban J connectivity index is 1.74. The molecule has 0 radical (unpaired) electrons. The molecule has 3 heterocycles. The maximum Gasteiger partial charge on any atom is 0.276 e. The molecule has 3 aromatic rings. The lowest BCUT2D eigenvalue weighted by Gasteiger charge is -2.34. The lowest BCUT2D eigenvalue weighted by atomic mass is 10.2. The van der Waals surface area contributed by atoms with E-state index in [0.717, 1.165) is 5.69 Å². The lowest BCUT2D eigenvalue weighted by Crippen LogP contribution is -2.42. The summed E-state index contributed by atoms with van der Waals surface area (Å²) in [6.07, 6.45) is 4.27. The molecule has 0 fully saturated rings. The second-order valence-electron chi connectivity index (χ2n) is 7.95. The molecule has 0 aliphatic carbocycles. The van der Waals surface area contributed by atoms with Crippen molar-refractivity contribution >= 4 is 28.7 Å². The van der Waals surface area contributed by atoms with Gasteiger partial charge >= 0.3 is 0 Å². The van der Waals surface area contributed by atoms with Gasteiger partial charge in [0.15, 0.2) is 5.71 Å². The molecule has 2 atom stereocenters. The van der Waals surface area contributed by atoms with Crippen LogP contribution < -0.4 is 4.90 Å². The first-order chi connectivity index (χ1) is 16.8. The molecule has 12 nitrogen and oxygen atoms in total. The molecule has 35 heavy (non-hydrogen) atoms. The first-order valence-electron chi connectivity index (χ1n) is 10.9. The van der Waals surface area contributed by atoms with E-state index in [1.54, 1.807) is 46.9 Å². The largest absolute Gasteiger partial charge is 0.362 e. The maximum absolute atomic E-state index is 12.9. The third-order valence-corrected chi connectivity index (χ3v) is 5.53. The summed E-state index contributed by atoms with van der Waals surface area (Å²) in [4.78, 5) is 29.4. The average molecular weight is 478 g/mol. The molecule has 0 saturated carbocycles. The summed E-state index contributed by atoms with van der Waals surface area (Å²) in [6.45, 7) is 3.89. The van der Waals surface area contributed by atoms with Gasteiger partial charge in [0.2, 0.25) is 11.6 Å². The van der Waals surface area contributed by atoms with Gasteiger partial charge in [0.05, 0.1) is 11.9 Å². The van der Waals surface area contributed by atoms with Crippen LogP contribution in [0, 0.1) is 0 Å². The number of nitrogens with zero attached hydrogens (tertiary/aromatic N) is 9. The zero-order chi connectivity index (χ0) is 25.1. The van der Waals surface area contributed by atoms with E-state index in [1.165, 1.54) is 9.58 Å². The number of benzene rings is 1. The molecule has 1 amide bonds. The molecule has 12 heteroatoms. The molecular formula is C23H27N9O3. The van der Waals surface area contributed by atoms with Crippen LogP contribution >= 0.6 is 0 Å². The molecule has 2 unspecified atom stereocenters. The third-order valence-electron chi connectivity index (χ3n) is 5.53. The van der Waals surface area contributed by atoms with Crippen molar-refractivity contribution in [2.75, 3.05) is 33.2 Å². The summed E-state index contributed by atoms with van der Waals surface area (Å²) >= 11 is 0. The molecular weight excluding hydrogens is 450 g/mol. The number of fused-ring (bicyclic) bond motifs is 1. The van der Waals surface area contributed by atoms with Crippen LogP contribution in [-0.4, -0.2) is 87.8 Å². The SMILES string of the molecule is COC(C)N(c1ccc(/N=C2\C(C(=O)N(C)C)=Nn3c2nnc3-c2cnccn2)cc1)C(C)OC. The number of hydrogen-bond donors (Lipinski definition) is 0. The molecule has 1 aliphatic rings. The van der Waals surface area contributed by atoms with E-state index >= 15 is 0 Å². The van der Waals surface area contributed by atoms with E-state index in [4.69, 9.17) is 14.5 Å². The van der Waals surface area contributed by atoms with Gasteiger partial charge in [-0.05, 0) is 38.1 Å². The number of ether oxygens (including phenoxy) is 2. The summed E-state index contributed by atoms with van der Waals surface area (Å²) in [7, 11) is 6.61. The molecule has 4 rings (SSSR count). The van der Waals surface area contributed by atoms with E-state index in [9.17, 15) is 4.79 Å². The Labute approximate surface area is 202 Å². The van der Waals surface area contributed by atoms with Gasteiger partial charge < -0.3 is 19.3 Å². The highest BCUT2D eigenvalue weighted by atomic mass is 16.5. The van der Waals surface area contributed by atoms with E-state index in [-0.39, 0.29) is 24.1 Å². The van der Waals surface area contributed by atoms with Crippen LogP contribution in [0.2, 0.25) is 0 Å². The van der Waals surface area contributed by atoms with Gasteiger partial charge in [-0.1, -0.05) is 0 Å². The zero-order valence-electron chi connectivity index (χ0n) is 20.4. The minimum atomic E-state index is -0.301. The molecule has 0 N–H and O–H groups in total. The Bertz CT molecular complexity index is 1240. The topological polar surface area (TPSA) is 123 Å². The molecule has 182 valence electrons. The van der Waals surface area contributed by atoms with Crippen LogP contribution in [0.3, 0.4) is 0 Å². The van der Waals surface area contributed by atoms with Gasteiger partial charge in [0.1, 0.15) is 23.9 Å². The second-order valence-corrected chi connectivity index (χ2v) is 7.95. The van der Waals surface area contributed by atoms with Crippen LogP contribution in [-0.2, 0) is 14.3 Å². The smallest absolute Gasteiger partial charge is 0.276 e. The normalized spacial score (nSPS) is 15.5. The fourth-order valence-electron chi connectivity index (χ4n) is 3.58. The fourth-order valence-corrected chi connectivity index (χ4v) is 3.58. The van der Waals surface area contributed by atoms with Crippen molar-refractivity contribution in [1.82, 2.24) is 29.7 Å². The number of carbonyl (C=O) groups excluding carboxylic acids is 1. The van der Waals surface area contributed by atoms with Crippen molar-refractivity contribution in [3.05, 3.63) is 48.7 Å². The Hall–Kier alpha value is -4.03. The van der Waals surface area contributed by atoms with Crippen LogP contribution in [0.1, 0.15) is 19.7 Å². The Morgan fingerprint density at radius 2 is 1.66 bits per heavy atom. The maximum atomic E-state index is 12.9. The van der Waals surface area contributed by atoms with E-state index in [0.29, 0.717) is 28.7 Å². The first-order valence-corrected chi connectivity index (χ1v) is 10.9. The summed E-state index contributed by atoms with van der Waals surface area (Å²) in [5.41, 5.74) is 2.49.